The lowest BCUT2D eigenvalue weighted by Crippen LogP contribution is -2.35. The van der Waals surface area contributed by atoms with Crippen LogP contribution in [-0.4, -0.2) is 33.9 Å². The molecule has 88 valence electrons. The lowest BCUT2D eigenvalue weighted by molar-refractivity contribution is -0.132. The number of aryl methyl sites for hydroxylation is 1. The summed E-state index contributed by atoms with van der Waals surface area (Å²) in [4.78, 5) is 20.8. The van der Waals surface area contributed by atoms with Crippen molar-refractivity contribution >= 4 is 17.5 Å². The van der Waals surface area contributed by atoms with Crippen LogP contribution < -0.4 is 0 Å². The second-order valence-corrected chi connectivity index (χ2v) is 4.53. The van der Waals surface area contributed by atoms with Gasteiger partial charge in [-0.05, 0) is 19.3 Å². The summed E-state index contributed by atoms with van der Waals surface area (Å²) >= 11 is 5.71. The molecular formula is C11H16ClN3O. The molecule has 1 aliphatic rings. The molecule has 1 saturated heterocycles. The van der Waals surface area contributed by atoms with E-state index in [9.17, 15) is 4.79 Å². The number of rotatable bonds is 3. The van der Waals surface area contributed by atoms with Crippen LogP contribution in [0.2, 0.25) is 5.15 Å². The Kier molecular flexibility index (Phi) is 3.83. The van der Waals surface area contributed by atoms with Crippen LogP contribution in [-0.2, 0) is 11.2 Å². The van der Waals surface area contributed by atoms with Crippen molar-refractivity contribution in [2.24, 2.45) is 0 Å². The topological polar surface area (TPSA) is 49.0 Å². The number of halogens is 1. The summed E-state index contributed by atoms with van der Waals surface area (Å²) in [7, 11) is 0. The maximum absolute atomic E-state index is 11.8. The first-order valence-electron chi connectivity index (χ1n) is 5.73. The molecule has 0 unspecified atom stereocenters. The Balaban J connectivity index is 1.78. The highest BCUT2D eigenvalue weighted by molar-refractivity contribution is 6.29. The first-order chi connectivity index (χ1) is 7.75. The van der Waals surface area contributed by atoms with Crippen molar-refractivity contribution in [3.63, 3.8) is 0 Å². The van der Waals surface area contributed by atoms with E-state index in [1.807, 2.05) is 4.90 Å². The van der Waals surface area contributed by atoms with E-state index in [-0.39, 0.29) is 5.91 Å². The van der Waals surface area contributed by atoms with Crippen LogP contribution in [0.4, 0.5) is 0 Å². The molecule has 1 aromatic rings. The highest BCUT2D eigenvalue weighted by Crippen LogP contribution is 2.11. The van der Waals surface area contributed by atoms with Gasteiger partial charge in [-0.15, -0.1) is 0 Å². The van der Waals surface area contributed by atoms with Gasteiger partial charge < -0.3 is 9.88 Å². The number of carbonyl (C=O) groups excluding carboxylic acids is 1. The Bertz CT molecular complexity index is 358. The van der Waals surface area contributed by atoms with Gasteiger partial charge in [-0.3, -0.25) is 4.79 Å². The van der Waals surface area contributed by atoms with E-state index >= 15 is 0 Å². The van der Waals surface area contributed by atoms with Crippen LogP contribution in [0.3, 0.4) is 0 Å². The molecule has 5 heteroatoms. The van der Waals surface area contributed by atoms with E-state index in [0.717, 1.165) is 31.8 Å². The molecule has 0 aliphatic carbocycles. The van der Waals surface area contributed by atoms with E-state index in [2.05, 4.69) is 9.97 Å². The molecule has 2 heterocycles. The van der Waals surface area contributed by atoms with Gasteiger partial charge in [0.1, 0.15) is 11.0 Å². The molecule has 0 atom stereocenters. The second-order valence-electron chi connectivity index (χ2n) is 4.12. The van der Waals surface area contributed by atoms with Crippen molar-refractivity contribution in [1.29, 1.82) is 0 Å². The highest BCUT2D eigenvalue weighted by atomic mass is 35.5. The monoisotopic (exact) mass is 241 g/mol. The van der Waals surface area contributed by atoms with E-state index in [0.29, 0.717) is 18.0 Å². The van der Waals surface area contributed by atoms with Crippen molar-refractivity contribution < 1.29 is 4.79 Å². The number of piperidine rings is 1. The van der Waals surface area contributed by atoms with Crippen molar-refractivity contribution in [2.45, 2.75) is 32.1 Å². The SMILES string of the molecule is O=C(CCc1ncc(Cl)[nH]1)N1CCCCC1. The number of amides is 1. The molecule has 1 amide bonds. The number of nitrogens with zero attached hydrogens (tertiary/aromatic N) is 2. The predicted molar refractivity (Wildman–Crippen MR) is 62.3 cm³/mol. The quantitative estimate of drug-likeness (QED) is 0.880. The first-order valence-corrected chi connectivity index (χ1v) is 6.10. The number of hydrogen-bond acceptors (Lipinski definition) is 2. The fourth-order valence-electron chi connectivity index (χ4n) is 1.99. The Morgan fingerprint density at radius 3 is 2.81 bits per heavy atom. The van der Waals surface area contributed by atoms with Crippen molar-refractivity contribution in [2.75, 3.05) is 13.1 Å². The van der Waals surface area contributed by atoms with Gasteiger partial charge in [0, 0.05) is 25.9 Å². The molecule has 0 bridgehead atoms. The van der Waals surface area contributed by atoms with E-state index < -0.39 is 0 Å². The fourth-order valence-corrected chi connectivity index (χ4v) is 2.15. The third kappa shape index (κ3) is 2.98. The minimum atomic E-state index is 0.229. The van der Waals surface area contributed by atoms with Crippen LogP contribution in [0.5, 0.6) is 0 Å². The Morgan fingerprint density at radius 2 is 2.19 bits per heavy atom. The number of aromatic nitrogens is 2. The first kappa shape index (κ1) is 11.5. The second kappa shape index (κ2) is 5.34. The van der Waals surface area contributed by atoms with Gasteiger partial charge in [0.2, 0.25) is 5.91 Å². The largest absolute Gasteiger partial charge is 0.343 e. The molecule has 0 saturated carbocycles. The third-order valence-electron chi connectivity index (χ3n) is 2.88. The van der Waals surface area contributed by atoms with Crippen LogP contribution in [0.1, 0.15) is 31.5 Å². The predicted octanol–water partition coefficient (Wildman–Crippen LogP) is 2.01. The molecule has 16 heavy (non-hydrogen) atoms. The van der Waals surface area contributed by atoms with Crippen molar-refractivity contribution in [3.8, 4) is 0 Å². The van der Waals surface area contributed by atoms with Gasteiger partial charge in [-0.1, -0.05) is 11.6 Å². The average Bonchev–Trinajstić information content (AvgIpc) is 2.73. The molecule has 1 N–H and O–H groups in total. The molecule has 1 fully saturated rings. The number of carbonyl (C=O) groups is 1. The molecule has 0 aromatic carbocycles. The Labute approximate surface area is 100.0 Å². The molecule has 0 spiro atoms. The molecule has 4 nitrogen and oxygen atoms in total. The maximum Gasteiger partial charge on any atom is 0.223 e. The van der Waals surface area contributed by atoms with E-state index in [1.54, 1.807) is 6.20 Å². The summed E-state index contributed by atoms with van der Waals surface area (Å²) in [5.41, 5.74) is 0. The van der Waals surface area contributed by atoms with Gasteiger partial charge in [0.15, 0.2) is 0 Å². The minimum Gasteiger partial charge on any atom is -0.343 e. The smallest absolute Gasteiger partial charge is 0.223 e. The van der Waals surface area contributed by atoms with Crippen LogP contribution in [0.25, 0.3) is 0 Å². The molecule has 1 aromatic heterocycles. The number of likely N-dealkylation sites (tertiary alicyclic amines) is 1. The number of aromatic amines is 1. The summed E-state index contributed by atoms with van der Waals surface area (Å²) in [6.45, 7) is 1.83. The van der Waals surface area contributed by atoms with Gasteiger partial charge in [0.05, 0.1) is 6.20 Å². The minimum absolute atomic E-state index is 0.229. The lowest BCUT2D eigenvalue weighted by atomic mass is 10.1. The standard InChI is InChI=1S/C11H16ClN3O/c12-9-8-13-10(14-9)4-5-11(16)15-6-2-1-3-7-15/h8H,1-7H2,(H,13,14). The lowest BCUT2D eigenvalue weighted by Gasteiger charge is -2.26. The zero-order valence-corrected chi connectivity index (χ0v) is 9.96. The van der Waals surface area contributed by atoms with Gasteiger partial charge in [-0.25, -0.2) is 4.98 Å². The number of H-pyrrole nitrogens is 1. The fraction of sp³-hybridized carbons (Fsp3) is 0.636. The van der Waals surface area contributed by atoms with Crippen molar-refractivity contribution in [3.05, 3.63) is 17.2 Å². The Hall–Kier alpha value is -1.03. The van der Waals surface area contributed by atoms with Crippen LogP contribution in [0.15, 0.2) is 6.20 Å². The summed E-state index contributed by atoms with van der Waals surface area (Å²) in [6, 6.07) is 0. The third-order valence-corrected chi connectivity index (χ3v) is 3.07. The average molecular weight is 242 g/mol. The Morgan fingerprint density at radius 1 is 1.44 bits per heavy atom. The normalized spacial score (nSPS) is 16.4. The van der Waals surface area contributed by atoms with Crippen LogP contribution >= 0.6 is 11.6 Å². The van der Waals surface area contributed by atoms with E-state index in [1.165, 1.54) is 6.42 Å². The number of hydrogen-bond donors (Lipinski definition) is 1. The number of nitrogens with one attached hydrogen (secondary N) is 1. The van der Waals surface area contributed by atoms with Crippen LogP contribution in [0, 0.1) is 0 Å². The zero-order chi connectivity index (χ0) is 11.4. The zero-order valence-electron chi connectivity index (χ0n) is 9.21. The summed E-state index contributed by atoms with van der Waals surface area (Å²) < 4.78 is 0. The maximum atomic E-state index is 11.8. The molecule has 0 radical (unpaired) electrons. The van der Waals surface area contributed by atoms with Gasteiger partial charge in [0.25, 0.3) is 0 Å². The molecule has 1 aliphatic heterocycles. The van der Waals surface area contributed by atoms with Gasteiger partial charge >= 0.3 is 0 Å². The molecule has 2 rings (SSSR count). The summed E-state index contributed by atoms with van der Waals surface area (Å²) in [5, 5.41) is 0.528. The van der Waals surface area contributed by atoms with Gasteiger partial charge in [-0.2, -0.15) is 0 Å². The highest BCUT2D eigenvalue weighted by Gasteiger charge is 2.16. The molecular weight excluding hydrogens is 226 g/mol. The van der Waals surface area contributed by atoms with Crippen molar-refractivity contribution in [1.82, 2.24) is 14.9 Å². The summed E-state index contributed by atoms with van der Waals surface area (Å²) in [5.74, 6) is 1.02. The van der Waals surface area contributed by atoms with E-state index in [4.69, 9.17) is 11.6 Å². The number of imidazole rings is 1. The summed E-state index contributed by atoms with van der Waals surface area (Å²) in [6.07, 6.45) is 6.25.